The number of amides is 2. The maximum atomic E-state index is 13.1. The van der Waals surface area contributed by atoms with Crippen LogP contribution in [0.15, 0.2) is 24.3 Å². The van der Waals surface area contributed by atoms with Gasteiger partial charge < -0.3 is 14.5 Å². The third-order valence-corrected chi connectivity index (χ3v) is 5.39. The number of likely N-dealkylation sites (tertiary alicyclic amines) is 1. The summed E-state index contributed by atoms with van der Waals surface area (Å²) in [5, 5.41) is 0. The molecule has 4 rings (SSSR count). The number of hydrogen-bond acceptors (Lipinski definition) is 3. The van der Waals surface area contributed by atoms with Gasteiger partial charge in [0.15, 0.2) is 5.72 Å². The first kappa shape index (κ1) is 16.4. The van der Waals surface area contributed by atoms with E-state index >= 15 is 0 Å². The lowest BCUT2D eigenvalue weighted by Gasteiger charge is -2.31. The number of nitrogens with zero attached hydrogens (tertiary/aromatic N) is 2. The second kappa shape index (κ2) is 5.45. The van der Waals surface area contributed by atoms with Gasteiger partial charge in [-0.1, -0.05) is 18.2 Å². The van der Waals surface area contributed by atoms with E-state index < -0.39 is 29.4 Å². The average molecular weight is 354 g/mol. The number of halogens is 3. The van der Waals surface area contributed by atoms with Gasteiger partial charge in [-0.2, -0.15) is 13.2 Å². The third-order valence-electron chi connectivity index (χ3n) is 5.39. The summed E-state index contributed by atoms with van der Waals surface area (Å²) in [6.45, 7) is 1.33. The Morgan fingerprint density at radius 3 is 2.80 bits per heavy atom. The smallest absolute Gasteiger partial charge is 0.351 e. The fourth-order valence-corrected chi connectivity index (χ4v) is 4.31. The van der Waals surface area contributed by atoms with Crippen LogP contribution < -0.4 is 0 Å². The van der Waals surface area contributed by atoms with Crippen LogP contribution in [-0.4, -0.2) is 53.1 Å². The van der Waals surface area contributed by atoms with Crippen molar-refractivity contribution in [1.82, 2.24) is 9.80 Å². The van der Waals surface area contributed by atoms with E-state index in [4.69, 9.17) is 4.74 Å². The van der Waals surface area contributed by atoms with E-state index in [1.807, 2.05) is 0 Å². The highest BCUT2D eigenvalue weighted by Gasteiger charge is 2.62. The second-order valence-corrected chi connectivity index (χ2v) is 6.63. The SMILES string of the molecule is O=C(Cc1ccccc1C(F)(F)F)N1CC[C@@]23OCCN2C(=O)C[C@@H]13. The van der Waals surface area contributed by atoms with Gasteiger partial charge in [-0.3, -0.25) is 9.59 Å². The molecule has 0 saturated carbocycles. The highest BCUT2D eigenvalue weighted by Crippen LogP contribution is 2.45. The number of benzene rings is 1. The first-order valence-corrected chi connectivity index (χ1v) is 8.22. The predicted octanol–water partition coefficient (Wildman–Crippen LogP) is 1.81. The van der Waals surface area contributed by atoms with Crippen molar-refractivity contribution in [2.45, 2.75) is 37.2 Å². The third kappa shape index (κ3) is 2.42. The normalized spacial score (nSPS) is 28.4. The molecule has 3 aliphatic rings. The van der Waals surface area contributed by atoms with E-state index in [0.717, 1.165) is 6.07 Å². The molecule has 0 unspecified atom stereocenters. The molecule has 0 N–H and O–H groups in total. The van der Waals surface area contributed by atoms with Crippen LogP contribution in [0.5, 0.6) is 0 Å². The first-order valence-electron chi connectivity index (χ1n) is 8.22. The van der Waals surface area contributed by atoms with Crippen LogP contribution in [0.3, 0.4) is 0 Å². The Morgan fingerprint density at radius 2 is 2.04 bits per heavy atom. The Labute approximate surface area is 142 Å². The zero-order chi connectivity index (χ0) is 17.8. The molecule has 1 aromatic carbocycles. The summed E-state index contributed by atoms with van der Waals surface area (Å²) in [6.07, 6.45) is -4.16. The van der Waals surface area contributed by atoms with Gasteiger partial charge in [-0.05, 0) is 11.6 Å². The number of carbonyl (C=O) groups excluding carboxylic acids is 2. The topological polar surface area (TPSA) is 49.9 Å². The van der Waals surface area contributed by atoms with Gasteiger partial charge in [0.25, 0.3) is 0 Å². The van der Waals surface area contributed by atoms with Crippen molar-refractivity contribution in [2.75, 3.05) is 19.7 Å². The van der Waals surface area contributed by atoms with Crippen LogP contribution in [0.2, 0.25) is 0 Å². The largest absolute Gasteiger partial charge is 0.416 e. The van der Waals surface area contributed by atoms with Gasteiger partial charge in [-0.25, -0.2) is 0 Å². The van der Waals surface area contributed by atoms with Gasteiger partial charge in [0.2, 0.25) is 11.8 Å². The molecule has 0 bridgehead atoms. The van der Waals surface area contributed by atoms with Gasteiger partial charge >= 0.3 is 6.18 Å². The minimum Gasteiger partial charge on any atom is -0.351 e. The molecule has 25 heavy (non-hydrogen) atoms. The Hall–Kier alpha value is -2.09. The molecule has 3 heterocycles. The van der Waals surface area contributed by atoms with Crippen molar-refractivity contribution in [3.8, 4) is 0 Å². The van der Waals surface area contributed by atoms with Gasteiger partial charge in [0, 0.05) is 19.5 Å². The molecule has 0 radical (unpaired) electrons. The van der Waals surface area contributed by atoms with Crippen LogP contribution in [-0.2, 0) is 26.9 Å². The Bertz CT molecular complexity index is 736. The van der Waals surface area contributed by atoms with Crippen LogP contribution in [0, 0.1) is 0 Å². The van der Waals surface area contributed by atoms with Crippen molar-refractivity contribution in [3.05, 3.63) is 35.4 Å². The van der Waals surface area contributed by atoms with E-state index in [1.54, 1.807) is 4.90 Å². The number of carbonyl (C=O) groups is 2. The molecule has 1 aromatic rings. The molecular weight excluding hydrogens is 337 g/mol. The van der Waals surface area contributed by atoms with Gasteiger partial charge in [0.1, 0.15) is 0 Å². The zero-order valence-electron chi connectivity index (χ0n) is 13.4. The van der Waals surface area contributed by atoms with Gasteiger partial charge in [-0.15, -0.1) is 0 Å². The standard InChI is InChI=1S/C17H17F3N2O3/c18-17(19,20)12-4-2-1-3-11(12)9-14(23)21-6-5-16-13(21)10-15(24)22(16)7-8-25-16/h1-4,13H,5-10H2/t13-,16+/m1/s1. The molecule has 3 saturated heterocycles. The molecule has 5 nitrogen and oxygen atoms in total. The summed E-state index contributed by atoms with van der Waals surface area (Å²) in [7, 11) is 0. The molecule has 2 atom stereocenters. The minimum absolute atomic E-state index is 0.0468. The molecular formula is C17H17F3N2O3. The molecule has 3 aliphatic heterocycles. The van der Waals surface area contributed by atoms with E-state index in [9.17, 15) is 22.8 Å². The quantitative estimate of drug-likeness (QED) is 0.814. The van der Waals surface area contributed by atoms with Crippen LogP contribution >= 0.6 is 0 Å². The summed E-state index contributed by atoms with van der Waals surface area (Å²) in [5.41, 5.74) is -1.61. The Kier molecular flexibility index (Phi) is 3.57. The summed E-state index contributed by atoms with van der Waals surface area (Å²) in [6, 6.07) is 4.69. The molecule has 0 aliphatic carbocycles. The van der Waals surface area contributed by atoms with Crippen molar-refractivity contribution in [3.63, 3.8) is 0 Å². The number of rotatable bonds is 2. The molecule has 1 spiro atoms. The molecule has 0 aromatic heterocycles. The monoisotopic (exact) mass is 354 g/mol. The fourth-order valence-electron chi connectivity index (χ4n) is 4.31. The van der Waals surface area contributed by atoms with Crippen LogP contribution in [0.25, 0.3) is 0 Å². The van der Waals surface area contributed by atoms with Gasteiger partial charge in [0.05, 0.1) is 31.1 Å². The van der Waals surface area contributed by atoms with E-state index in [2.05, 4.69) is 0 Å². The molecule has 3 fully saturated rings. The number of alkyl halides is 3. The van der Waals surface area contributed by atoms with Crippen molar-refractivity contribution in [1.29, 1.82) is 0 Å². The lowest BCUT2D eigenvalue weighted by Crippen LogP contribution is -2.49. The number of hydrogen-bond donors (Lipinski definition) is 0. The van der Waals surface area contributed by atoms with Crippen molar-refractivity contribution in [2.24, 2.45) is 0 Å². The maximum absolute atomic E-state index is 13.1. The van der Waals surface area contributed by atoms with E-state index in [-0.39, 0.29) is 24.3 Å². The highest BCUT2D eigenvalue weighted by atomic mass is 19.4. The number of ether oxygens (including phenoxy) is 1. The van der Waals surface area contributed by atoms with Crippen molar-refractivity contribution >= 4 is 11.8 Å². The lowest BCUT2D eigenvalue weighted by molar-refractivity contribution is -0.141. The summed E-state index contributed by atoms with van der Waals surface area (Å²) in [4.78, 5) is 28.0. The van der Waals surface area contributed by atoms with E-state index in [1.165, 1.54) is 23.1 Å². The first-order chi connectivity index (χ1) is 11.8. The fraction of sp³-hybridized carbons (Fsp3) is 0.529. The second-order valence-electron chi connectivity index (χ2n) is 6.63. The lowest BCUT2D eigenvalue weighted by atomic mass is 10.0. The Morgan fingerprint density at radius 1 is 1.28 bits per heavy atom. The highest BCUT2D eigenvalue weighted by molar-refractivity contribution is 5.85. The van der Waals surface area contributed by atoms with Crippen LogP contribution in [0.4, 0.5) is 13.2 Å². The van der Waals surface area contributed by atoms with Crippen molar-refractivity contribution < 1.29 is 27.5 Å². The average Bonchev–Trinajstić information content (AvgIpc) is 3.18. The molecule has 134 valence electrons. The van der Waals surface area contributed by atoms with E-state index in [0.29, 0.717) is 26.1 Å². The van der Waals surface area contributed by atoms with Crippen LogP contribution in [0.1, 0.15) is 24.0 Å². The predicted molar refractivity (Wildman–Crippen MR) is 80.3 cm³/mol. The maximum Gasteiger partial charge on any atom is 0.416 e. The summed E-state index contributed by atoms with van der Waals surface area (Å²) < 4.78 is 45.2. The summed E-state index contributed by atoms with van der Waals surface area (Å²) >= 11 is 0. The zero-order valence-corrected chi connectivity index (χ0v) is 13.4. The summed E-state index contributed by atoms with van der Waals surface area (Å²) in [5.74, 6) is -0.459. The minimum atomic E-state index is -4.50. The Balaban J connectivity index is 1.57. The molecule has 2 amide bonds. The molecule has 8 heteroatoms.